The lowest BCUT2D eigenvalue weighted by molar-refractivity contribution is -0.112. The van der Waals surface area contributed by atoms with Gasteiger partial charge in [0.25, 0.3) is 5.91 Å². The number of carbonyl (C=O) groups is 1. The van der Waals surface area contributed by atoms with Crippen LogP contribution in [0.5, 0.6) is 11.5 Å². The van der Waals surface area contributed by atoms with Gasteiger partial charge < -0.3 is 14.8 Å². The van der Waals surface area contributed by atoms with E-state index < -0.39 is 5.91 Å². The van der Waals surface area contributed by atoms with E-state index in [0.29, 0.717) is 45.5 Å². The fourth-order valence-corrected chi connectivity index (χ4v) is 3.25. The number of anilines is 1. The highest BCUT2D eigenvalue weighted by Crippen LogP contribution is 2.35. The molecule has 2 aromatic carbocycles. The van der Waals surface area contributed by atoms with Crippen LogP contribution in [0.3, 0.4) is 0 Å². The summed E-state index contributed by atoms with van der Waals surface area (Å²) >= 11 is 9.61. The molecule has 0 aliphatic carbocycles. The zero-order valence-electron chi connectivity index (χ0n) is 15.2. The summed E-state index contributed by atoms with van der Waals surface area (Å²) < 4.78 is 11.5. The molecule has 0 bridgehead atoms. The van der Waals surface area contributed by atoms with E-state index in [2.05, 4.69) is 27.8 Å². The Hall–Kier alpha value is -2.75. The second-order valence-corrected chi connectivity index (χ2v) is 6.76. The van der Waals surface area contributed by atoms with Crippen LogP contribution in [-0.2, 0) is 4.79 Å². The van der Waals surface area contributed by atoms with E-state index in [4.69, 9.17) is 21.1 Å². The van der Waals surface area contributed by atoms with Crippen molar-refractivity contribution in [2.45, 2.75) is 6.92 Å². The van der Waals surface area contributed by atoms with E-state index in [0.717, 1.165) is 0 Å². The number of carbonyl (C=O) groups excluding carboxylic acids is 1. The third-order valence-electron chi connectivity index (χ3n) is 3.47. The molecule has 1 amide bonds. The molecule has 0 heterocycles. The van der Waals surface area contributed by atoms with Crippen LogP contribution in [0.1, 0.15) is 12.5 Å². The van der Waals surface area contributed by atoms with Crippen LogP contribution in [0.15, 0.2) is 59.1 Å². The largest absolute Gasteiger partial charge is 0.494 e. The average Bonchev–Trinajstić information content (AvgIpc) is 2.67. The molecule has 0 radical (unpaired) electrons. The molecule has 2 aromatic rings. The fourth-order valence-electron chi connectivity index (χ4n) is 2.26. The minimum absolute atomic E-state index is 0.0587. The Bertz CT molecular complexity index is 911. The van der Waals surface area contributed by atoms with Crippen molar-refractivity contribution < 1.29 is 14.3 Å². The van der Waals surface area contributed by atoms with Crippen molar-refractivity contribution in [2.75, 3.05) is 18.5 Å². The number of hydrogen-bond acceptors (Lipinski definition) is 4. The summed E-state index contributed by atoms with van der Waals surface area (Å²) in [6.07, 6.45) is 3.06. The van der Waals surface area contributed by atoms with Crippen molar-refractivity contribution in [1.29, 1.82) is 5.26 Å². The monoisotopic (exact) mass is 460 g/mol. The van der Waals surface area contributed by atoms with E-state index in [1.54, 1.807) is 42.5 Å². The molecule has 0 saturated carbocycles. The predicted octanol–water partition coefficient (Wildman–Crippen LogP) is 5.61. The van der Waals surface area contributed by atoms with E-state index in [9.17, 15) is 10.1 Å². The zero-order chi connectivity index (χ0) is 20.5. The lowest BCUT2D eigenvalue weighted by Gasteiger charge is -2.10. The average molecular weight is 462 g/mol. The zero-order valence-corrected chi connectivity index (χ0v) is 17.5. The molecule has 1 N–H and O–H groups in total. The van der Waals surface area contributed by atoms with Gasteiger partial charge in [0.1, 0.15) is 24.0 Å². The third-order valence-corrected chi connectivity index (χ3v) is 4.34. The molecule has 0 aliphatic rings. The Balaban J connectivity index is 2.19. The standard InChI is InChI=1S/C21H18BrClN2O3/c1-3-9-28-20-18(22)11-14(12-19(20)23)10-15(13-24)21(26)25-16-5-7-17(8-6-16)27-4-2/h3,5-8,10-12H,1,4,9H2,2H3,(H,25,26)/b15-10-. The fraction of sp³-hybridized carbons (Fsp3) is 0.143. The number of ether oxygens (including phenoxy) is 2. The van der Waals surface area contributed by atoms with Crippen LogP contribution in [-0.4, -0.2) is 19.1 Å². The minimum atomic E-state index is -0.522. The van der Waals surface area contributed by atoms with Gasteiger partial charge in [-0.15, -0.1) is 0 Å². The van der Waals surface area contributed by atoms with Gasteiger partial charge in [-0.3, -0.25) is 4.79 Å². The van der Waals surface area contributed by atoms with Gasteiger partial charge in [0.15, 0.2) is 5.75 Å². The quantitative estimate of drug-likeness (QED) is 0.315. The first kappa shape index (κ1) is 21.5. The number of nitrogens with one attached hydrogen (secondary N) is 1. The maximum atomic E-state index is 12.4. The molecular weight excluding hydrogens is 444 g/mol. The van der Waals surface area contributed by atoms with E-state index in [1.807, 2.05) is 13.0 Å². The van der Waals surface area contributed by atoms with Crippen molar-refractivity contribution >= 4 is 45.2 Å². The van der Waals surface area contributed by atoms with Crippen molar-refractivity contribution in [3.8, 4) is 17.6 Å². The van der Waals surface area contributed by atoms with Gasteiger partial charge in [-0.2, -0.15) is 5.26 Å². The highest BCUT2D eigenvalue weighted by atomic mass is 79.9. The second-order valence-electron chi connectivity index (χ2n) is 5.49. The maximum absolute atomic E-state index is 12.4. The highest BCUT2D eigenvalue weighted by molar-refractivity contribution is 9.10. The molecule has 2 rings (SSSR count). The molecule has 0 fully saturated rings. The molecule has 0 aromatic heterocycles. The SMILES string of the molecule is C=CCOc1c(Cl)cc(/C=C(/C#N)C(=O)Nc2ccc(OCC)cc2)cc1Br. The molecule has 0 saturated heterocycles. The molecule has 0 atom stereocenters. The smallest absolute Gasteiger partial charge is 0.266 e. The molecule has 0 spiro atoms. The van der Waals surface area contributed by atoms with Gasteiger partial charge in [0.05, 0.1) is 16.1 Å². The van der Waals surface area contributed by atoms with Gasteiger partial charge in [-0.1, -0.05) is 24.3 Å². The van der Waals surface area contributed by atoms with Crippen molar-refractivity contribution in [1.82, 2.24) is 0 Å². The normalized spacial score (nSPS) is 10.7. The van der Waals surface area contributed by atoms with Crippen LogP contribution < -0.4 is 14.8 Å². The molecule has 7 heteroatoms. The summed E-state index contributed by atoms with van der Waals surface area (Å²) in [6, 6.07) is 12.1. The Kier molecular flexibility index (Phi) is 8.12. The number of rotatable bonds is 8. The van der Waals surface area contributed by atoms with Crippen LogP contribution in [0, 0.1) is 11.3 Å². The molecule has 5 nitrogen and oxygen atoms in total. The highest BCUT2D eigenvalue weighted by Gasteiger charge is 2.12. The number of nitrogens with zero attached hydrogens (tertiary/aromatic N) is 1. The van der Waals surface area contributed by atoms with Gasteiger partial charge in [0.2, 0.25) is 0 Å². The molecule has 0 unspecified atom stereocenters. The van der Waals surface area contributed by atoms with E-state index in [-0.39, 0.29) is 5.57 Å². The number of halogens is 2. The van der Waals surface area contributed by atoms with Gasteiger partial charge in [0, 0.05) is 5.69 Å². The lowest BCUT2D eigenvalue weighted by atomic mass is 10.1. The van der Waals surface area contributed by atoms with E-state index in [1.165, 1.54) is 6.08 Å². The molecule has 144 valence electrons. The molecule has 0 aliphatic heterocycles. The van der Waals surface area contributed by atoms with Gasteiger partial charge >= 0.3 is 0 Å². The Morgan fingerprint density at radius 2 is 2.04 bits per heavy atom. The van der Waals surface area contributed by atoms with Gasteiger partial charge in [-0.25, -0.2) is 0 Å². The van der Waals surface area contributed by atoms with Crippen LogP contribution in [0.4, 0.5) is 5.69 Å². The van der Waals surface area contributed by atoms with Crippen LogP contribution in [0.25, 0.3) is 6.08 Å². The third kappa shape index (κ3) is 5.88. The summed E-state index contributed by atoms with van der Waals surface area (Å²) in [5.74, 6) is 0.650. The first-order chi connectivity index (χ1) is 13.5. The molecular formula is C21H18BrClN2O3. The summed E-state index contributed by atoms with van der Waals surface area (Å²) in [7, 11) is 0. The Labute approximate surface area is 177 Å². The number of benzene rings is 2. The number of hydrogen-bond donors (Lipinski definition) is 1. The predicted molar refractivity (Wildman–Crippen MR) is 115 cm³/mol. The first-order valence-electron chi connectivity index (χ1n) is 8.37. The van der Waals surface area contributed by atoms with E-state index >= 15 is 0 Å². The molecule has 28 heavy (non-hydrogen) atoms. The maximum Gasteiger partial charge on any atom is 0.266 e. The van der Waals surface area contributed by atoms with Crippen molar-refractivity contribution in [2.24, 2.45) is 0 Å². The van der Waals surface area contributed by atoms with Crippen LogP contribution in [0.2, 0.25) is 5.02 Å². The first-order valence-corrected chi connectivity index (χ1v) is 9.54. The summed E-state index contributed by atoms with van der Waals surface area (Å²) in [4.78, 5) is 12.4. The minimum Gasteiger partial charge on any atom is -0.494 e. The second kappa shape index (κ2) is 10.5. The lowest BCUT2D eigenvalue weighted by Crippen LogP contribution is -2.13. The topological polar surface area (TPSA) is 71.3 Å². The summed E-state index contributed by atoms with van der Waals surface area (Å²) in [5, 5.41) is 12.4. The van der Waals surface area contributed by atoms with Crippen LogP contribution >= 0.6 is 27.5 Å². The van der Waals surface area contributed by atoms with Crippen molar-refractivity contribution in [3.05, 3.63) is 69.7 Å². The van der Waals surface area contributed by atoms with Crippen molar-refractivity contribution in [3.63, 3.8) is 0 Å². The van der Waals surface area contributed by atoms with Gasteiger partial charge in [-0.05, 0) is 70.9 Å². The number of amides is 1. The Morgan fingerprint density at radius 1 is 1.32 bits per heavy atom. The summed E-state index contributed by atoms with van der Waals surface area (Å²) in [5.41, 5.74) is 1.08. The summed E-state index contributed by atoms with van der Waals surface area (Å²) in [6.45, 7) is 6.35. The Morgan fingerprint density at radius 3 is 2.61 bits per heavy atom. The number of nitriles is 1.